The van der Waals surface area contributed by atoms with E-state index < -0.39 is 69.6 Å². The minimum Gasteiger partial charge on any atom is -0.510 e. The number of allylic oxidation sites excluding steroid dienone is 1. The predicted octanol–water partition coefficient (Wildman–Crippen LogP) is 1.39. The highest BCUT2D eigenvalue weighted by atomic mass is 19.1. The van der Waals surface area contributed by atoms with Crippen LogP contribution in [-0.2, 0) is 22.6 Å². The number of primary amides is 1. The Hall–Kier alpha value is -3.28. The van der Waals surface area contributed by atoms with Crippen molar-refractivity contribution in [1.29, 1.82) is 0 Å². The Kier molecular flexibility index (Phi) is 5.73. The molecule has 2 fully saturated rings. The smallest absolute Gasteiger partial charge is 0.255 e. The number of phenols is 1. The number of benzene rings is 1. The highest BCUT2D eigenvalue weighted by Gasteiger charge is 2.63. The van der Waals surface area contributed by atoms with Crippen molar-refractivity contribution in [1.82, 2.24) is 9.80 Å². The summed E-state index contributed by atoms with van der Waals surface area (Å²) in [6.45, 7) is 0.322. The van der Waals surface area contributed by atoms with Crippen LogP contribution < -0.4 is 5.73 Å². The molecule has 0 unspecified atom stereocenters. The second-order valence-corrected chi connectivity index (χ2v) is 11.8. The Morgan fingerprint density at radius 2 is 1.77 bits per heavy atom. The molecule has 3 aliphatic carbocycles. The number of likely N-dealkylation sites (N-methyl/N-ethyl adjacent to an activating group) is 1. The molecule has 0 radical (unpaired) electrons. The van der Waals surface area contributed by atoms with Crippen molar-refractivity contribution in [3.8, 4) is 5.75 Å². The molecule has 2 bridgehead atoms. The number of rotatable bonds is 4. The summed E-state index contributed by atoms with van der Waals surface area (Å²) in [7, 11) is 3.12. The molecule has 0 aromatic heterocycles. The summed E-state index contributed by atoms with van der Waals surface area (Å²) >= 11 is 0. The van der Waals surface area contributed by atoms with Crippen LogP contribution in [-0.4, -0.2) is 85.5 Å². The van der Waals surface area contributed by atoms with Crippen molar-refractivity contribution in [2.24, 2.45) is 17.6 Å². The van der Waals surface area contributed by atoms with Crippen LogP contribution in [0.2, 0.25) is 0 Å². The van der Waals surface area contributed by atoms with Crippen molar-refractivity contribution >= 4 is 17.5 Å². The summed E-state index contributed by atoms with van der Waals surface area (Å²) in [6.07, 6.45) is 4.11. The van der Waals surface area contributed by atoms with Crippen molar-refractivity contribution < 1.29 is 39.2 Å². The predicted molar refractivity (Wildman–Crippen MR) is 135 cm³/mol. The number of fused-ring (bicyclic) bond motifs is 5. The van der Waals surface area contributed by atoms with Crippen LogP contribution in [0.25, 0.3) is 0 Å². The maximum atomic E-state index is 16.0. The molecule has 2 aliphatic heterocycles. The third-order valence-corrected chi connectivity index (χ3v) is 9.69. The van der Waals surface area contributed by atoms with Gasteiger partial charge in [-0.15, -0.1) is 0 Å². The zero-order chi connectivity index (χ0) is 28.1. The lowest BCUT2D eigenvalue weighted by atomic mass is 9.58. The minimum atomic E-state index is -2.71. The summed E-state index contributed by atoms with van der Waals surface area (Å²) in [5, 5.41) is 44.7. The van der Waals surface area contributed by atoms with E-state index in [2.05, 4.69) is 4.90 Å². The average molecular weight is 542 g/mol. The number of aliphatic hydroxyl groups is 3. The number of phenolic OH excluding ortho intramolecular Hbond substituents is 1. The highest BCUT2D eigenvalue weighted by molar-refractivity contribution is 6.24. The number of aromatic hydroxyl groups is 1. The number of carbonyl (C=O) groups is 3. The van der Waals surface area contributed by atoms with E-state index >= 15 is 4.39 Å². The van der Waals surface area contributed by atoms with Crippen molar-refractivity contribution in [2.45, 2.75) is 68.8 Å². The highest BCUT2D eigenvalue weighted by Crippen LogP contribution is 2.52. The molecule has 2 heterocycles. The van der Waals surface area contributed by atoms with Crippen LogP contribution in [0.4, 0.5) is 4.39 Å². The summed E-state index contributed by atoms with van der Waals surface area (Å²) in [4.78, 5) is 42.8. The van der Waals surface area contributed by atoms with Gasteiger partial charge in [-0.25, -0.2) is 4.39 Å². The Balaban J connectivity index is 1.45. The monoisotopic (exact) mass is 541 g/mol. The molecule has 1 amide bonds. The van der Waals surface area contributed by atoms with Crippen molar-refractivity contribution in [3.63, 3.8) is 0 Å². The molecular weight excluding hydrogens is 509 g/mol. The first-order valence-corrected chi connectivity index (χ1v) is 13.3. The van der Waals surface area contributed by atoms with Crippen LogP contribution in [0.5, 0.6) is 5.75 Å². The number of nitrogens with zero attached hydrogens (tertiary/aromatic N) is 2. The molecule has 11 heteroatoms. The van der Waals surface area contributed by atoms with E-state index in [1.165, 1.54) is 11.0 Å². The molecule has 2 saturated heterocycles. The first-order valence-electron chi connectivity index (χ1n) is 13.3. The maximum absolute atomic E-state index is 16.0. The van der Waals surface area contributed by atoms with Crippen molar-refractivity contribution in [3.05, 3.63) is 51.2 Å². The number of amides is 1. The number of halogens is 1. The van der Waals surface area contributed by atoms with Gasteiger partial charge in [0.15, 0.2) is 11.4 Å². The lowest BCUT2D eigenvalue weighted by Gasteiger charge is -2.50. The van der Waals surface area contributed by atoms with E-state index in [0.717, 1.165) is 25.7 Å². The molecule has 6 rings (SSSR count). The zero-order valence-corrected chi connectivity index (χ0v) is 21.8. The molecule has 6 N–H and O–H groups in total. The Morgan fingerprint density at radius 1 is 1.15 bits per heavy atom. The van der Waals surface area contributed by atoms with Crippen LogP contribution in [0, 0.1) is 17.7 Å². The number of nitrogens with two attached hydrogens (primary N) is 1. The van der Waals surface area contributed by atoms with Gasteiger partial charge in [0.2, 0.25) is 5.78 Å². The van der Waals surface area contributed by atoms with Crippen LogP contribution in [0.1, 0.15) is 53.6 Å². The van der Waals surface area contributed by atoms with E-state index in [0.29, 0.717) is 24.2 Å². The summed E-state index contributed by atoms with van der Waals surface area (Å²) in [6, 6.07) is 0.928. The van der Waals surface area contributed by atoms with E-state index in [1.54, 1.807) is 14.1 Å². The third-order valence-electron chi connectivity index (χ3n) is 9.69. The SMILES string of the molecule is CN(C)[C@@H]1C(O)=C(C(N)=O)C(=O)[C@@]2(O)C(O)=C3C(=O)c4c(O)cc(CN5C6CCC5CC6)c(F)c4C[C@H]3C[C@@H]12. The molecule has 5 aliphatic rings. The average Bonchev–Trinajstić information content (AvgIpc) is 3.43. The largest absolute Gasteiger partial charge is 0.510 e. The Morgan fingerprint density at radius 3 is 2.33 bits per heavy atom. The Bertz CT molecular complexity index is 1380. The molecule has 4 atom stereocenters. The molecule has 0 spiro atoms. The van der Waals surface area contributed by atoms with Gasteiger partial charge in [0, 0.05) is 41.2 Å². The molecular formula is C28H32FN3O7. The second kappa shape index (κ2) is 8.61. The molecule has 0 saturated carbocycles. The Labute approximate surface area is 224 Å². The van der Waals surface area contributed by atoms with E-state index in [-0.39, 0.29) is 29.5 Å². The van der Waals surface area contributed by atoms with Gasteiger partial charge in [-0.1, -0.05) is 0 Å². The van der Waals surface area contributed by atoms with Gasteiger partial charge < -0.3 is 26.2 Å². The number of hydrogen-bond donors (Lipinski definition) is 5. The van der Waals surface area contributed by atoms with Gasteiger partial charge in [0.25, 0.3) is 5.91 Å². The van der Waals surface area contributed by atoms with Crippen LogP contribution in [0.15, 0.2) is 28.7 Å². The van der Waals surface area contributed by atoms with E-state index in [9.17, 15) is 34.8 Å². The van der Waals surface area contributed by atoms with E-state index in [1.807, 2.05) is 0 Å². The minimum absolute atomic E-state index is 0.0367. The summed E-state index contributed by atoms with van der Waals surface area (Å²) in [5.41, 5.74) is 1.50. The molecule has 208 valence electrons. The van der Waals surface area contributed by atoms with Crippen LogP contribution in [0.3, 0.4) is 0 Å². The third kappa shape index (κ3) is 3.39. The fourth-order valence-electron chi connectivity index (χ4n) is 7.94. The van der Waals surface area contributed by atoms with E-state index in [4.69, 9.17) is 5.73 Å². The fraction of sp³-hybridized carbons (Fsp3) is 0.536. The van der Waals surface area contributed by atoms with Gasteiger partial charge in [-0.05, 0) is 64.6 Å². The maximum Gasteiger partial charge on any atom is 0.255 e. The lowest BCUT2D eigenvalue weighted by molar-refractivity contribution is -0.148. The first-order chi connectivity index (χ1) is 18.4. The van der Waals surface area contributed by atoms with Gasteiger partial charge in [0.1, 0.15) is 28.7 Å². The molecule has 1 aromatic carbocycles. The van der Waals surface area contributed by atoms with Gasteiger partial charge >= 0.3 is 0 Å². The topological polar surface area (TPSA) is 165 Å². The molecule has 1 aromatic rings. The van der Waals surface area contributed by atoms with Crippen molar-refractivity contribution in [2.75, 3.05) is 14.1 Å². The van der Waals surface area contributed by atoms with Crippen LogP contribution >= 0.6 is 0 Å². The van der Waals surface area contributed by atoms with Gasteiger partial charge in [0.05, 0.1) is 11.6 Å². The first kappa shape index (κ1) is 26.0. The normalized spacial score (nSPS) is 34.0. The summed E-state index contributed by atoms with van der Waals surface area (Å²) in [5.74, 6) is -8.03. The number of hydrogen-bond acceptors (Lipinski definition) is 9. The zero-order valence-electron chi connectivity index (χ0n) is 21.8. The molecule has 39 heavy (non-hydrogen) atoms. The number of ketones is 2. The number of aliphatic hydroxyl groups excluding tert-OH is 2. The number of Topliss-reactive ketones (excluding diaryl/α,β-unsaturated/α-hetero) is 2. The second-order valence-electron chi connectivity index (χ2n) is 11.8. The van der Waals surface area contributed by atoms with Gasteiger partial charge in [-0.3, -0.25) is 24.2 Å². The lowest BCUT2D eigenvalue weighted by Crippen LogP contribution is -2.63. The van der Waals surface area contributed by atoms with Gasteiger partial charge in [-0.2, -0.15) is 0 Å². The fourth-order valence-corrected chi connectivity index (χ4v) is 7.94. The standard InChI is InChI=1S/C28H32FN3O7/c1-31(2)22-16-8-11-7-15-19(17(33)9-12(21(15)29)10-32-13-3-4-14(32)6-5-13)23(34)18(11)25(36)28(16,39)26(37)20(24(22)35)27(30)38/h9,11,13-14,16,22,33,35-36,39H,3-8,10H2,1-2H3,(H2,30,38)/t11-,13?,14?,16-,22-,28-/m0/s1. The number of carbonyl (C=O) groups excluding carboxylic acids is 3. The quantitative estimate of drug-likeness (QED) is 0.354. The molecule has 10 nitrogen and oxygen atoms in total. The summed E-state index contributed by atoms with van der Waals surface area (Å²) < 4.78 is 16.0.